The van der Waals surface area contributed by atoms with Crippen LogP contribution in [0.3, 0.4) is 0 Å². The van der Waals surface area contributed by atoms with E-state index in [9.17, 15) is 9.90 Å². The van der Waals surface area contributed by atoms with Crippen molar-refractivity contribution in [2.24, 2.45) is 0 Å². The van der Waals surface area contributed by atoms with Gasteiger partial charge in [0, 0.05) is 12.1 Å². The highest BCUT2D eigenvalue weighted by atomic mass is 16.5. The van der Waals surface area contributed by atoms with Crippen molar-refractivity contribution in [3.63, 3.8) is 0 Å². The Bertz CT molecular complexity index is 709. The van der Waals surface area contributed by atoms with Gasteiger partial charge in [0.15, 0.2) is 11.5 Å². The van der Waals surface area contributed by atoms with Crippen LogP contribution in [0.5, 0.6) is 17.2 Å². The van der Waals surface area contributed by atoms with E-state index in [0.29, 0.717) is 18.1 Å². The van der Waals surface area contributed by atoms with Crippen LogP contribution in [0.25, 0.3) is 0 Å². The zero-order chi connectivity index (χ0) is 17.5. The monoisotopic (exact) mass is 330 g/mol. The van der Waals surface area contributed by atoms with Gasteiger partial charge in [-0.25, -0.2) is 4.79 Å². The Hall–Kier alpha value is -2.69. The largest absolute Gasteiger partial charge is 0.496 e. The molecule has 1 N–H and O–H groups in total. The lowest BCUT2D eigenvalue weighted by molar-refractivity contribution is 0.0692. The second-order valence-electron chi connectivity index (χ2n) is 5.37. The highest BCUT2D eigenvalue weighted by molar-refractivity contribution is 5.92. The summed E-state index contributed by atoms with van der Waals surface area (Å²) >= 11 is 0. The predicted molar refractivity (Wildman–Crippen MR) is 91.3 cm³/mol. The number of aryl methyl sites for hydroxylation is 1. The van der Waals surface area contributed by atoms with E-state index in [1.165, 1.54) is 31.9 Å². The third kappa shape index (κ3) is 4.19. The molecule has 2 aromatic rings. The number of carboxylic acid groups (broad SMARTS) is 1. The summed E-state index contributed by atoms with van der Waals surface area (Å²) in [5, 5.41) is 9.22. The van der Waals surface area contributed by atoms with Gasteiger partial charge in [-0.3, -0.25) is 0 Å². The summed E-state index contributed by atoms with van der Waals surface area (Å²) < 4.78 is 16.2. The zero-order valence-corrected chi connectivity index (χ0v) is 14.2. The number of rotatable bonds is 8. The molecule has 5 nitrogen and oxygen atoms in total. The van der Waals surface area contributed by atoms with Gasteiger partial charge in [-0.1, -0.05) is 37.6 Å². The molecule has 0 amide bonds. The zero-order valence-electron chi connectivity index (χ0n) is 14.2. The van der Waals surface area contributed by atoms with Crippen molar-refractivity contribution in [3.8, 4) is 17.2 Å². The molecule has 0 spiro atoms. The van der Waals surface area contributed by atoms with E-state index in [1.54, 1.807) is 0 Å². The molecule has 0 aromatic heterocycles. The van der Waals surface area contributed by atoms with Crippen LogP contribution in [0.4, 0.5) is 0 Å². The van der Waals surface area contributed by atoms with Gasteiger partial charge in [-0.2, -0.15) is 0 Å². The van der Waals surface area contributed by atoms with E-state index in [4.69, 9.17) is 14.2 Å². The molecule has 0 fully saturated rings. The first-order chi connectivity index (χ1) is 11.6. The van der Waals surface area contributed by atoms with Crippen molar-refractivity contribution in [1.29, 1.82) is 0 Å². The van der Waals surface area contributed by atoms with Gasteiger partial charge in [0.05, 0.1) is 14.2 Å². The number of methoxy groups -OCH3 is 2. The average molecular weight is 330 g/mol. The quantitative estimate of drug-likeness (QED) is 0.794. The Morgan fingerprint density at radius 1 is 1.00 bits per heavy atom. The third-order valence-electron chi connectivity index (χ3n) is 3.64. The molecule has 0 atom stereocenters. The summed E-state index contributed by atoms with van der Waals surface area (Å²) in [5.41, 5.74) is 2.35. The van der Waals surface area contributed by atoms with Gasteiger partial charge in [-0.15, -0.1) is 0 Å². The van der Waals surface area contributed by atoms with Crippen molar-refractivity contribution < 1.29 is 24.1 Å². The van der Waals surface area contributed by atoms with Gasteiger partial charge in [0.1, 0.15) is 17.9 Å². The molecule has 0 heterocycles. The fraction of sp³-hybridized carbons (Fsp3) is 0.316. The molecule has 0 aliphatic rings. The Labute approximate surface area is 141 Å². The predicted octanol–water partition coefficient (Wildman–Crippen LogP) is 3.93. The Morgan fingerprint density at radius 3 is 2.33 bits per heavy atom. The van der Waals surface area contributed by atoms with Crippen molar-refractivity contribution >= 4 is 5.97 Å². The molecule has 0 aliphatic heterocycles. The first kappa shape index (κ1) is 17.7. The van der Waals surface area contributed by atoms with Crippen LogP contribution < -0.4 is 14.2 Å². The van der Waals surface area contributed by atoms with E-state index in [1.807, 2.05) is 12.1 Å². The molecule has 2 aromatic carbocycles. The van der Waals surface area contributed by atoms with Gasteiger partial charge >= 0.3 is 5.97 Å². The highest BCUT2D eigenvalue weighted by Crippen LogP contribution is 2.35. The van der Waals surface area contributed by atoms with Crippen molar-refractivity contribution in [1.82, 2.24) is 0 Å². The topological polar surface area (TPSA) is 65.0 Å². The molecular formula is C19H22O5. The number of ether oxygens (including phenoxy) is 3. The van der Waals surface area contributed by atoms with E-state index >= 15 is 0 Å². The molecule has 0 aliphatic carbocycles. The number of carboxylic acids is 1. The van der Waals surface area contributed by atoms with Crippen molar-refractivity contribution in [3.05, 3.63) is 53.1 Å². The summed E-state index contributed by atoms with van der Waals surface area (Å²) in [6, 6.07) is 11.2. The van der Waals surface area contributed by atoms with Crippen LogP contribution in [0.2, 0.25) is 0 Å². The Kier molecular flexibility index (Phi) is 6.07. The minimum absolute atomic E-state index is 0.0339. The standard InChI is InChI=1S/C19H22O5/c1-4-6-13-7-5-8-14(9-13)12-24-18-11-16(22-2)15(19(20)21)10-17(18)23-3/h5,7-11H,4,6,12H2,1-3H3,(H,20,21). The second kappa shape index (κ2) is 8.24. The van der Waals surface area contributed by atoms with E-state index in [0.717, 1.165) is 18.4 Å². The lowest BCUT2D eigenvalue weighted by Gasteiger charge is -2.14. The SMILES string of the molecule is CCCc1cccc(COc2cc(OC)c(C(=O)O)cc2OC)c1. The fourth-order valence-corrected chi connectivity index (χ4v) is 2.47. The summed E-state index contributed by atoms with van der Waals surface area (Å²) in [6.45, 7) is 2.51. The highest BCUT2D eigenvalue weighted by Gasteiger charge is 2.17. The van der Waals surface area contributed by atoms with Crippen LogP contribution >= 0.6 is 0 Å². The average Bonchev–Trinajstić information content (AvgIpc) is 2.59. The molecule has 0 bridgehead atoms. The van der Waals surface area contributed by atoms with Gasteiger partial charge in [-0.05, 0) is 17.5 Å². The number of hydrogen-bond acceptors (Lipinski definition) is 4. The molecule has 128 valence electrons. The van der Waals surface area contributed by atoms with Crippen molar-refractivity contribution in [2.45, 2.75) is 26.4 Å². The van der Waals surface area contributed by atoms with E-state index in [2.05, 4.69) is 19.1 Å². The van der Waals surface area contributed by atoms with Gasteiger partial charge < -0.3 is 19.3 Å². The smallest absolute Gasteiger partial charge is 0.339 e. The molecule has 24 heavy (non-hydrogen) atoms. The molecule has 0 saturated heterocycles. The summed E-state index contributed by atoms with van der Waals surface area (Å²) in [4.78, 5) is 11.3. The third-order valence-corrected chi connectivity index (χ3v) is 3.64. The lowest BCUT2D eigenvalue weighted by atomic mass is 10.1. The molecule has 2 rings (SSSR count). The Morgan fingerprint density at radius 2 is 1.71 bits per heavy atom. The maximum Gasteiger partial charge on any atom is 0.339 e. The Balaban J connectivity index is 2.22. The first-order valence-electron chi connectivity index (χ1n) is 7.79. The second-order valence-corrected chi connectivity index (χ2v) is 5.37. The number of aromatic carboxylic acids is 1. The minimum Gasteiger partial charge on any atom is -0.496 e. The van der Waals surface area contributed by atoms with Crippen molar-refractivity contribution in [2.75, 3.05) is 14.2 Å². The van der Waals surface area contributed by atoms with Gasteiger partial charge in [0.25, 0.3) is 0 Å². The summed E-state index contributed by atoms with van der Waals surface area (Å²) in [5.74, 6) is -0.0415. The minimum atomic E-state index is -1.08. The molecular weight excluding hydrogens is 308 g/mol. The molecule has 0 saturated carbocycles. The number of carbonyl (C=O) groups is 1. The van der Waals surface area contributed by atoms with E-state index < -0.39 is 5.97 Å². The van der Waals surface area contributed by atoms with Crippen LogP contribution in [0.15, 0.2) is 36.4 Å². The maximum absolute atomic E-state index is 11.3. The van der Waals surface area contributed by atoms with E-state index in [-0.39, 0.29) is 11.3 Å². The molecule has 0 radical (unpaired) electrons. The van der Waals surface area contributed by atoms with Crippen LogP contribution in [0, 0.1) is 0 Å². The first-order valence-corrected chi connectivity index (χ1v) is 7.79. The number of benzene rings is 2. The summed E-state index contributed by atoms with van der Waals surface area (Å²) in [6.07, 6.45) is 2.12. The number of hydrogen-bond donors (Lipinski definition) is 1. The normalized spacial score (nSPS) is 10.3. The van der Waals surface area contributed by atoms with Crippen LogP contribution in [0.1, 0.15) is 34.8 Å². The fourth-order valence-electron chi connectivity index (χ4n) is 2.47. The van der Waals surface area contributed by atoms with Crippen LogP contribution in [-0.4, -0.2) is 25.3 Å². The van der Waals surface area contributed by atoms with Gasteiger partial charge in [0.2, 0.25) is 0 Å². The molecule has 5 heteroatoms. The lowest BCUT2D eigenvalue weighted by Crippen LogP contribution is -2.04. The maximum atomic E-state index is 11.3. The molecule has 0 unspecified atom stereocenters. The van der Waals surface area contributed by atoms with Crippen LogP contribution in [-0.2, 0) is 13.0 Å². The summed E-state index contributed by atoms with van der Waals surface area (Å²) in [7, 11) is 2.90.